The van der Waals surface area contributed by atoms with Crippen molar-refractivity contribution < 1.29 is 4.42 Å². The van der Waals surface area contributed by atoms with Gasteiger partial charge in [-0.3, -0.25) is 0 Å². The van der Waals surface area contributed by atoms with E-state index in [-0.39, 0.29) is 6.17 Å². The van der Waals surface area contributed by atoms with Crippen molar-refractivity contribution in [1.29, 1.82) is 0 Å². The largest absolute Gasteiger partial charge is 0.456 e. The highest BCUT2D eigenvalue weighted by Crippen LogP contribution is 2.37. The van der Waals surface area contributed by atoms with Gasteiger partial charge in [-0.1, -0.05) is 152 Å². The summed E-state index contributed by atoms with van der Waals surface area (Å²) in [4.78, 5) is 10.5. The zero-order valence-electron chi connectivity index (χ0n) is 27.6. The van der Waals surface area contributed by atoms with Crippen molar-refractivity contribution in [3.05, 3.63) is 193 Å². The Morgan fingerprint density at radius 2 is 1.10 bits per heavy atom. The van der Waals surface area contributed by atoms with E-state index in [0.717, 1.165) is 55.6 Å². The van der Waals surface area contributed by atoms with E-state index in [1.54, 1.807) is 0 Å². The van der Waals surface area contributed by atoms with Crippen LogP contribution in [0.5, 0.6) is 0 Å². The lowest BCUT2D eigenvalue weighted by atomic mass is 9.98. The standard InChI is InChI=1S/C47H31N3O/c1-3-10-30(11-4-1)31-18-20-32(21-19-31)36-26-27-42-41(28-36)44-39(16-9-17-43(44)51-42)47-49-45(35-13-5-2-6-14-35)48-46(50-47)37-25-24-34-23-22-33-12-7-8-15-38(33)40(34)29-37/h1-29,46H,(H,48,49,50). The summed E-state index contributed by atoms with van der Waals surface area (Å²) in [6, 6.07) is 61.7. The first-order valence-electron chi connectivity index (χ1n) is 17.3. The molecule has 1 N–H and O–H groups in total. The van der Waals surface area contributed by atoms with Gasteiger partial charge < -0.3 is 9.73 Å². The monoisotopic (exact) mass is 653 g/mol. The summed E-state index contributed by atoms with van der Waals surface area (Å²) in [6.45, 7) is 0. The molecule has 0 saturated heterocycles. The number of nitrogens with one attached hydrogen (secondary N) is 1. The zero-order chi connectivity index (χ0) is 33.7. The normalized spacial score (nSPS) is 14.5. The minimum absolute atomic E-state index is 0.344. The molecule has 0 amide bonds. The molecule has 51 heavy (non-hydrogen) atoms. The topological polar surface area (TPSA) is 49.9 Å². The molecule has 4 nitrogen and oxygen atoms in total. The second kappa shape index (κ2) is 12.0. The highest BCUT2D eigenvalue weighted by atomic mass is 16.3. The van der Waals surface area contributed by atoms with Crippen LogP contribution >= 0.6 is 0 Å². The minimum Gasteiger partial charge on any atom is -0.456 e. The molecule has 2 heterocycles. The van der Waals surface area contributed by atoms with Crippen LogP contribution in [0.1, 0.15) is 22.9 Å². The Kier molecular flexibility index (Phi) is 6.85. The lowest BCUT2D eigenvalue weighted by molar-refractivity contribution is 0.668. The van der Waals surface area contributed by atoms with Crippen LogP contribution in [0, 0.1) is 0 Å². The van der Waals surface area contributed by atoms with E-state index in [0.29, 0.717) is 5.84 Å². The van der Waals surface area contributed by atoms with Crippen LogP contribution in [0.4, 0.5) is 0 Å². The van der Waals surface area contributed by atoms with Gasteiger partial charge in [0.15, 0.2) is 5.84 Å². The second-order valence-electron chi connectivity index (χ2n) is 13.0. The van der Waals surface area contributed by atoms with Gasteiger partial charge in [0.1, 0.15) is 23.2 Å². The van der Waals surface area contributed by atoms with Crippen molar-refractivity contribution >= 4 is 55.2 Å². The summed E-state index contributed by atoms with van der Waals surface area (Å²) >= 11 is 0. The lowest BCUT2D eigenvalue weighted by Gasteiger charge is -2.24. The molecule has 1 aliphatic rings. The van der Waals surface area contributed by atoms with Crippen LogP contribution in [0.3, 0.4) is 0 Å². The van der Waals surface area contributed by atoms with Crippen LogP contribution in [-0.4, -0.2) is 11.7 Å². The highest BCUT2D eigenvalue weighted by molar-refractivity contribution is 6.22. The lowest BCUT2D eigenvalue weighted by Crippen LogP contribution is -2.33. The smallest absolute Gasteiger partial charge is 0.160 e. The van der Waals surface area contributed by atoms with Gasteiger partial charge in [0.2, 0.25) is 0 Å². The molecular weight excluding hydrogens is 623 g/mol. The Hall–Kier alpha value is -6.78. The van der Waals surface area contributed by atoms with Crippen LogP contribution in [0.15, 0.2) is 190 Å². The number of hydrogen-bond acceptors (Lipinski definition) is 4. The summed E-state index contributed by atoms with van der Waals surface area (Å²) in [6.07, 6.45) is -0.344. The van der Waals surface area contributed by atoms with Gasteiger partial charge in [-0.15, -0.1) is 0 Å². The minimum atomic E-state index is -0.344. The van der Waals surface area contributed by atoms with E-state index in [1.807, 2.05) is 36.4 Å². The molecule has 1 atom stereocenters. The van der Waals surface area contributed by atoms with Crippen LogP contribution < -0.4 is 5.32 Å². The third kappa shape index (κ3) is 5.17. The van der Waals surface area contributed by atoms with Gasteiger partial charge in [0.25, 0.3) is 0 Å². The molecule has 10 rings (SSSR count). The first-order valence-corrected chi connectivity index (χ1v) is 17.3. The van der Waals surface area contributed by atoms with E-state index >= 15 is 0 Å². The fourth-order valence-electron chi connectivity index (χ4n) is 7.35. The third-order valence-corrected chi connectivity index (χ3v) is 9.94. The van der Waals surface area contributed by atoms with Crippen LogP contribution in [0.2, 0.25) is 0 Å². The summed E-state index contributed by atoms with van der Waals surface area (Å²) in [5, 5.41) is 10.6. The predicted molar refractivity (Wildman–Crippen MR) is 211 cm³/mol. The SMILES string of the molecule is c1ccc(C2=NC(c3cccc4oc5ccc(-c6ccc(-c7ccccc7)cc6)cc5c34)=NC(c3ccc4ccc5ccccc5c4c3)N2)cc1. The molecule has 4 heteroatoms. The summed E-state index contributed by atoms with van der Waals surface area (Å²) < 4.78 is 6.44. The van der Waals surface area contributed by atoms with E-state index in [2.05, 4.69) is 145 Å². The van der Waals surface area contributed by atoms with E-state index < -0.39 is 0 Å². The first kappa shape index (κ1) is 29.2. The number of hydrogen-bond donors (Lipinski definition) is 1. The molecule has 240 valence electrons. The van der Waals surface area contributed by atoms with Gasteiger partial charge in [0, 0.05) is 21.9 Å². The molecule has 0 spiro atoms. The Bertz CT molecular complexity index is 2820. The maximum Gasteiger partial charge on any atom is 0.160 e. The molecule has 9 aromatic rings. The Balaban J connectivity index is 1.11. The van der Waals surface area contributed by atoms with Crippen molar-refractivity contribution in [3.63, 3.8) is 0 Å². The highest BCUT2D eigenvalue weighted by Gasteiger charge is 2.24. The van der Waals surface area contributed by atoms with E-state index in [1.165, 1.54) is 32.7 Å². The quantitative estimate of drug-likeness (QED) is 0.188. The second-order valence-corrected chi connectivity index (χ2v) is 13.0. The zero-order valence-corrected chi connectivity index (χ0v) is 27.6. The number of amidine groups is 2. The molecule has 0 bridgehead atoms. The van der Waals surface area contributed by atoms with Crippen LogP contribution in [-0.2, 0) is 0 Å². The maximum atomic E-state index is 6.44. The van der Waals surface area contributed by atoms with Gasteiger partial charge in [-0.25, -0.2) is 9.98 Å². The average Bonchev–Trinajstić information content (AvgIpc) is 3.59. The molecule has 0 radical (unpaired) electrons. The molecule has 1 aliphatic heterocycles. The van der Waals surface area contributed by atoms with Gasteiger partial charge in [0.05, 0.1) is 0 Å². The predicted octanol–water partition coefficient (Wildman–Crippen LogP) is 11.7. The van der Waals surface area contributed by atoms with E-state index in [4.69, 9.17) is 14.4 Å². The molecule has 0 aliphatic carbocycles. The molecule has 0 saturated carbocycles. The van der Waals surface area contributed by atoms with E-state index in [9.17, 15) is 0 Å². The number of rotatable bonds is 5. The number of benzene rings is 8. The Morgan fingerprint density at radius 1 is 0.451 bits per heavy atom. The number of nitrogens with zero attached hydrogens (tertiary/aromatic N) is 2. The molecule has 0 fully saturated rings. The van der Waals surface area contributed by atoms with Crippen LogP contribution in [0.25, 0.3) is 65.7 Å². The maximum absolute atomic E-state index is 6.44. The van der Waals surface area contributed by atoms with Gasteiger partial charge in [-0.2, -0.15) is 0 Å². The Labute approximate surface area is 295 Å². The summed E-state index contributed by atoms with van der Waals surface area (Å²) in [5.41, 5.74) is 9.34. The fraction of sp³-hybridized carbons (Fsp3) is 0.0213. The van der Waals surface area contributed by atoms with Gasteiger partial charge in [-0.05, 0) is 73.6 Å². The number of aliphatic imine (C=N–C) groups is 2. The fourth-order valence-corrected chi connectivity index (χ4v) is 7.35. The molecule has 8 aromatic carbocycles. The van der Waals surface area contributed by atoms with Gasteiger partial charge >= 0.3 is 0 Å². The molecule has 1 aromatic heterocycles. The molecule has 1 unspecified atom stereocenters. The third-order valence-electron chi connectivity index (χ3n) is 9.94. The molecular formula is C47H31N3O. The Morgan fingerprint density at radius 3 is 1.90 bits per heavy atom. The first-order chi connectivity index (χ1) is 25.2. The number of fused-ring (bicyclic) bond motifs is 6. The van der Waals surface area contributed by atoms with Crippen molar-refractivity contribution in [2.45, 2.75) is 6.17 Å². The van der Waals surface area contributed by atoms with Crippen molar-refractivity contribution in [1.82, 2.24) is 5.32 Å². The summed E-state index contributed by atoms with van der Waals surface area (Å²) in [5.74, 6) is 1.45. The summed E-state index contributed by atoms with van der Waals surface area (Å²) in [7, 11) is 0. The van der Waals surface area contributed by atoms with Crippen molar-refractivity contribution in [3.8, 4) is 22.3 Å². The number of furan rings is 1. The van der Waals surface area contributed by atoms with Crippen molar-refractivity contribution in [2.75, 3.05) is 0 Å². The average molecular weight is 654 g/mol. The van der Waals surface area contributed by atoms with Crippen molar-refractivity contribution in [2.24, 2.45) is 9.98 Å².